The molecule has 2 aromatic rings. The highest BCUT2D eigenvalue weighted by atomic mass is 35.5. The van der Waals surface area contributed by atoms with E-state index in [9.17, 15) is 0 Å². The largest absolute Gasteiger partial charge is 0.170 e. The molecule has 1 aliphatic rings. The van der Waals surface area contributed by atoms with E-state index in [-0.39, 0.29) is 0 Å². The molecule has 0 atom stereocenters. The van der Waals surface area contributed by atoms with E-state index in [4.69, 9.17) is 69.6 Å². The highest BCUT2D eigenvalue weighted by Crippen LogP contribution is 2.60. The van der Waals surface area contributed by atoms with Crippen molar-refractivity contribution in [3.05, 3.63) is 67.7 Å². The molecule has 0 fully saturated rings. The number of aryl methyl sites for hydroxylation is 2. The molecule has 2 aromatic carbocycles. The van der Waals surface area contributed by atoms with E-state index in [0.29, 0.717) is 32.3 Å². The van der Waals surface area contributed by atoms with Crippen LogP contribution in [-0.4, -0.2) is 0 Å². The zero-order chi connectivity index (χ0) is 16.4. The fraction of sp³-hybridized carbons (Fsp3) is 0.250. The lowest BCUT2D eigenvalue weighted by atomic mass is 9.82. The van der Waals surface area contributed by atoms with Crippen LogP contribution >= 0.6 is 69.6 Å². The van der Waals surface area contributed by atoms with Crippen LogP contribution < -0.4 is 0 Å². The van der Waals surface area contributed by atoms with Gasteiger partial charge < -0.3 is 0 Å². The maximum atomic E-state index is 6.67. The van der Waals surface area contributed by atoms with Crippen molar-refractivity contribution in [1.29, 1.82) is 0 Å². The zero-order valence-electron chi connectivity index (χ0n) is 11.6. The molecule has 0 amide bonds. The Kier molecular flexibility index (Phi) is 4.13. The van der Waals surface area contributed by atoms with Gasteiger partial charge in [0.25, 0.3) is 0 Å². The molecule has 1 aliphatic carbocycles. The lowest BCUT2D eigenvalue weighted by Crippen LogP contribution is -2.32. The SMILES string of the molecule is Cc1cc2c(cc1C)C(Cl)(Cl)c1c(Cl)ccc(Cl)c1C2(Cl)Cl. The third-order valence-electron chi connectivity index (χ3n) is 4.04. The minimum atomic E-state index is -1.38. The molecule has 116 valence electrons. The summed E-state index contributed by atoms with van der Waals surface area (Å²) in [5.74, 6) is 0. The van der Waals surface area contributed by atoms with Crippen molar-refractivity contribution in [2.45, 2.75) is 22.5 Å². The van der Waals surface area contributed by atoms with Crippen molar-refractivity contribution in [2.75, 3.05) is 0 Å². The van der Waals surface area contributed by atoms with E-state index >= 15 is 0 Å². The summed E-state index contributed by atoms with van der Waals surface area (Å²) in [4.78, 5) is 0. The first-order valence-corrected chi connectivity index (χ1v) is 8.72. The van der Waals surface area contributed by atoms with Gasteiger partial charge in [0.2, 0.25) is 0 Å². The normalized spacial score (nSPS) is 17.8. The Hall–Kier alpha value is 0.180. The molecule has 0 saturated carbocycles. The van der Waals surface area contributed by atoms with Crippen LogP contribution in [0.2, 0.25) is 10.0 Å². The van der Waals surface area contributed by atoms with Crippen LogP contribution in [0.3, 0.4) is 0 Å². The molecule has 0 heterocycles. The van der Waals surface area contributed by atoms with Crippen molar-refractivity contribution in [2.24, 2.45) is 0 Å². The first-order chi connectivity index (χ1) is 10.1. The molecule has 0 bridgehead atoms. The summed E-state index contributed by atoms with van der Waals surface area (Å²) in [6.45, 7) is 3.94. The van der Waals surface area contributed by atoms with Crippen LogP contribution in [-0.2, 0) is 8.67 Å². The molecule has 0 aromatic heterocycles. The van der Waals surface area contributed by atoms with Crippen LogP contribution in [0.4, 0.5) is 0 Å². The van der Waals surface area contributed by atoms with Gasteiger partial charge >= 0.3 is 0 Å². The predicted octanol–water partition coefficient (Wildman–Crippen LogP) is 7.28. The summed E-state index contributed by atoms with van der Waals surface area (Å²) >= 11 is 39.3. The van der Waals surface area contributed by atoms with E-state index in [1.165, 1.54) is 0 Å². The van der Waals surface area contributed by atoms with Crippen molar-refractivity contribution >= 4 is 69.6 Å². The Bertz CT molecular complexity index is 726. The number of fused-ring (bicyclic) bond motifs is 2. The number of hydrogen-bond acceptors (Lipinski definition) is 0. The minimum absolute atomic E-state index is 0.374. The van der Waals surface area contributed by atoms with E-state index in [1.54, 1.807) is 12.1 Å². The molecular formula is C16H10Cl6. The molecule has 0 radical (unpaired) electrons. The summed E-state index contributed by atoms with van der Waals surface area (Å²) in [7, 11) is 0. The minimum Gasteiger partial charge on any atom is -0.0908 e. The van der Waals surface area contributed by atoms with Gasteiger partial charge in [-0.15, -0.1) is 0 Å². The van der Waals surface area contributed by atoms with Crippen molar-refractivity contribution in [3.63, 3.8) is 0 Å². The molecular weight excluding hydrogens is 405 g/mol. The molecule has 0 unspecified atom stereocenters. The molecule has 0 nitrogen and oxygen atoms in total. The smallest absolute Gasteiger partial charge is 0.0908 e. The summed E-state index contributed by atoms with van der Waals surface area (Å²) in [6.07, 6.45) is 0. The fourth-order valence-electron chi connectivity index (χ4n) is 2.77. The Balaban J connectivity index is 2.49. The van der Waals surface area contributed by atoms with Gasteiger partial charge in [-0.3, -0.25) is 0 Å². The van der Waals surface area contributed by atoms with Gasteiger partial charge in [0.1, 0.15) is 0 Å². The first kappa shape index (κ1) is 17.0. The van der Waals surface area contributed by atoms with Crippen LogP contribution in [0.15, 0.2) is 24.3 Å². The van der Waals surface area contributed by atoms with E-state index < -0.39 is 8.67 Å². The van der Waals surface area contributed by atoms with Gasteiger partial charge in [-0.05, 0) is 48.2 Å². The van der Waals surface area contributed by atoms with Crippen LogP contribution in [0.25, 0.3) is 0 Å². The van der Waals surface area contributed by atoms with Crippen LogP contribution in [0.1, 0.15) is 33.4 Å². The number of halogens is 6. The Labute approximate surface area is 159 Å². The molecule has 22 heavy (non-hydrogen) atoms. The van der Waals surface area contributed by atoms with Gasteiger partial charge in [0.15, 0.2) is 8.67 Å². The Morgan fingerprint density at radius 3 is 1.32 bits per heavy atom. The number of rotatable bonds is 0. The van der Waals surface area contributed by atoms with Crippen LogP contribution in [0.5, 0.6) is 0 Å². The van der Waals surface area contributed by atoms with Gasteiger partial charge in [-0.2, -0.15) is 0 Å². The van der Waals surface area contributed by atoms with Gasteiger partial charge in [0, 0.05) is 21.2 Å². The van der Waals surface area contributed by atoms with E-state index in [1.807, 2.05) is 26.0 Å². The summed E-state index contributed by atoms with van der Waals surface area (Å²) in [6, 6.07) is 7.06. The second kappa shape index (κ2) is 5.34. The predicted molar refractivity (Wildman–Crippen MR) is 97.4 cm³/mol. The maximum absolute atomic E-state index is 6.67. The maximum Gasteiger partial charge on any atom is 0.170 e. The van der Waals surface area contributed by atoms with Crippen molar-refractivity contribution < 1.29 is 0 Å². The highest BCUT2D eigenvalue weighted by molar-refractivity contribution is 6.56. The lowest BCUT2D eigenvalue weighted by molar-refractivity contribution is 0.854. The molecule has 0 spiro atoms. The summed E-state index contributed by atoms with van der Waals surface area (Å²) in [5.41, 5.74) is 4.20. The van der Waals surface area contributed by atoms with Gasteiger partial charge in [-0.25, -0.2) is 0 Å². The molecule has 3 rings (SSSR count). The average molecular weight is 415 g/mol. The van der Waals surface area contributed by atoms with Crippen LogP contribution in [0, 0.1) is 13.8 Å². The molecule has 6 heteroatoms. The highest BCUT2D eigenvalue weighted by Gasteiger charge is 2.50. The number of benzene rings is 2. The second-order valence-electron chi connectivity index (χ2n) is 5.41. The van der Waals surface area contributed by atoms with Crippen molar-refractivity contribution in [3.8, 4) is 0 Å². The zero-order valence-corrected chi connectivity index (χ0v) is 16.1. The first-order valence-electron chi connectivity index (χ1n) is 6.45. The summed E-state index contributed by atoms with van der Waals surface area (Å²) in [5, 5.41) is 0.748. The molecule has 0 saturated heterocycles. The number of hydrogen-bond donors (Lipinski definition) is 0. The third-order valence-corrected chi connectivity index (χ3v) is 6.24. The lowest BCUT2D eigenvalue weighted by Gasteiger charge is -2.39. The quantitative estimate of drug-likeness (QED) is 0.397. The standard InChI is InChI=1S/C16H10Cl6/c1-7-5-9-10(6-8(7)2)16(21,22)14-12(18)4-3-11(17)13(14)15(9,19)20/h3-6H,1-2H3. The Morgan fingerprint density at radius 2 is 1.00 bits per heavy atom. The van der Waals surface area contributed by atoms with Gasteiger partial charge in [-0.1, -0.05) is 81.7 Å². The number of alkyl halides is 4. The monoisotopic (exact) mass is 412 g/mol. The third kappa shape index (κ3) is 2.27. The fourth-order valence-corrected chi connectivity index (χ4v) is 4.97. The molecule has 0 N–H and O–H groups in total. The summed E-state index contributed by atoms with van der Waals surface area (Å²) < 4.78 is -2.75. The van der Waals surface area contributed by atoms with Gasteiger partial charge in [0.05, 0.1) is 0 Å². The average Bonchev–Trinajstić information content (AvgIpc) is 2.41. The second-order valence-corrected chi connectivity index (χ2v) is 8.88. The Morgan fingerprint density at radius 1 is 0.682 bits per heavy atom. The van der Waals surface area contributed by atoms with E-state index in [2.05, 4.69) is 0 Å². The van der Waals surface area contributed by atoms with Crippen molar-refractivity contribution in [1.82, 2.24) is 0 Å². The molecule has 0 aliphatic heterocycles. The topological polar surface area (TPSA) is 0 Å². The van der Waals surface area contributed by atoms with E-state index in [0.717, 1.165) is 11.1 Å².